The van der Waals surface area contributed by atoms with Crippen molar-refractivity contribution in [3.8, 4) is 5.75 Å². The van der Waals surface area contributed by atoms with E-state index in [0.717, 1.165) is 53.7 Å². The molecule has 1 unspecified atom stereocenters. The van der Waals surface area contributed by atoms with Gasteiger partial charge in [0.25, 0.3) is 0 Å². The van der Waals surface area contributed by atoms with Crippen molar-refractivity contribution >= 4 is 17.5 Å². The zero-order chi connectivity index (χ0) is 39.3. The Morgan fingerprint density at radius 2 is 1.60 bits per heavy atom. The molecule has 1 N–H and O–H groups in total. The topological polar surface area (TPSA) is 91.3 Å². The van der Waals surface area contributed by atoms with Gasteiger partial charge in [0.15, 0.2) is 0 Å². The van der Waals surface area contributed by atoms with Gasteiger partial charge < -0.3 is 24.1 Å². The third-order valence-electron chi connectivity index (χ3n) is 14.8. The molecule has 4 fully saturated rings. The lowest BCUT2D eigenvalue weighted by molar-refractivity contribution is -0.229. The average molecular weight is 733 g/mol. The minimum Gasteiger partial charge on any atom is -0.497 e. The Kier molecular flexibility index (Phi) is 11.8. The molecule has 0 aliphatic heterocycles. The van der Waals surface area contributed by atoms with Crippen molar-refractivity contribution in [3.63, 3.8) is 0 Å². The molecule has 294 valence electrons. The van der Waals surface area contributed by atoms with Gasteiger partial charge in [0.2, 0.25) is 6.79 Å². The number of aliphatic hydroxyl groups excluding tert-OH is 1. The van der Waals surface area contributed by atoms with Crippen LogP contribution in [0.3, 0.4) is 0 Å². The first-order chi connectivity index (χ1) is 24.7. The summed E-state index contributed by atoms with van der Waals surface area (Å²) in [7, 11) is 1.66. The first-order valence-electron chi connectivity index (χ1n) is 20.1. The highest BCUT2D eigenvalue weighted by atomic mass is 16.7. The number of aliphatic hydroxyl groups is 1. The Morgan fingerprint density at radius 1 is 0.943 bits per heavy atom. The quantitative estimate of drug-likeness (QED) is 0.111. The van der Waals surface area contributed by atoms with E-state index in [1.54, 1.807) is 27.9 Å². The molecule has 0 bridgehead atoms. The van der Waals surface area contributed by atoms with Gasteiger partial charge in [-0.05, 0) is 168 Å². The molecule has 1 aromatic rings. The molecule has 4 aliphatic rings. The van der Waals surface area contributed by atoms with Crippen molar-refractivity contribution in [1.29, 1.82) is 0 Å². The highest BCUT2D eigenvalue weighted by molar-refractivity contribution is 5.90. The Balaban J connectivity index is 1.60. The summed E-state index contributed by atoms with van der Waals surface area (Å²) in [5.74, 6) is 2.38. The van der Waals surface area contributed by atoms with E-state index in [1.807, 2.05) is 19.1 Å². The highest BCUT2D eigenvalue weighted by Crippen LogP contribution is 2.74. The van der Waals surface area contributed by atoms with Crippen molar-refractivity contribution in [1.82, 2.24) is 0 Å². The number of hydrogen-bond donors (Lipinski definition) is 1. The van der Waals surface area contributed by atoms with Crippen molar-refractivity contribution in [3.05, 3.63) is 58.9 Å². The summed E-state index contributed by atoms with van der Waals surface area (Å²) in [6.45, 7) is 27.2. The molecule has 0 aromatic heterocycles. The van der Waals surface area contributed by atoms with Gasteiger partial charge in [0.1, 0.15) is 11.9 Å². The van der Waals surface area contributed by atoms with Crippen LogP contribution in [0.2, 0.25) is 0 Å². The number of methoxy groups -OCH3 is 1. The van der Waals surface area contributed by atoms with Crippen LogP contribution in [0.1, 0.15) is 133 Å². The van der Waals surface area contributed by atoms with E-state index in [-0.39, 0.29) is 28.1 Å². The van der Waals surface area contributed by atoms with Gasteiger partial charge in [-0.3, -0.25) is 4.79 Å². The van der Waals surface area contributed by atoms with Crippen LogP contribution in [0.5, 0.6) is 5.75 Å². The molecule has 5 rings (SSSR count). The summed E-state index contributed by atoms with van der Waals surface area (Å²) >= 11 is 0. The molecule has 1 aromatic carbocycles. The molecular formula is C46H68O7. The number of ether oxygens (including phenoxy) is 4. The van der Waals surface area contributed by atoms with Crippen LogP contribution >= 0.6 is 0 Å². The fraction of sp³-hybridized carbons (Fsp3) is 0.696. The number of esters is 2. The van der Waals surface area contributed by atoms with Gasteiger partial charge >= 0.3 is 11.9 Å². The lowest BCUT2D eigenvalue weighted by Gasteiger charge is -2.69. The molecule has 0 heterocycles. The Labute approximate surface area is 320 Å². The first-order valence-corrected chi connectivity index (χ1v) is 20.1. The minimum absolute atomic E-state index is 0.0406. The number of carbonyl (C=O) groups excluding carboxylic acids is 2. The molecule has 0 spiro atoms. The number of hydrogen-bond acceptors (Lipinski definition) is 7. The van der Waals surface area contributed by atoms with E-state index in [1.165, 1.54) is 6.42 Å². The highest BCUT2D eigenvalue weighted by Gasteiger charge is 2.70. The van der Waals surface area contributed by atoms with Crippen molar-refractivity contribution in [2.75, 3.05) is 13.9 Å². The van der Waals surface area contributed by atoms with Gasteiger partial charge in [0.05, 0.1) is 24.4 Å². The van der Waals surface area contributed by atoms with Crippen molar-refractivity contribution < 1.29 is 33.6 Å². The van der Waals surface area contributed by atoms with E-state index in [9.17, 15) is 14.7 Å². The fourth-order valence-electron chi connectivity index (χ4n) is 11.7. The molecule has 53 heavy (non-hydrogen) atoms. The maximum atomic E-state index is 14.5. The average Bonchev–Trinajstić information content (AvgIpc) is 3.35. The predicted octanol–water partition coefficient (Wildman–Crippen LogP) is 10.5. The summed E-state index contributed by atoms with van der Waals surface area (Å²) in [4.78, 5) is 27.1. The van der Waals surface area contributed by atoms with Crippen molar-refractivity contribution in [2.45, 2.75) is 140 Å². The second-order valence-electron chi connectivity index (χ2n) is 19.1. The van der Waals surface area contributed by atoms with E-state index in [4.69, 9.17) is 18.9 Å². The summed E-state index contributed by atoms with van der Waals surface area (Å²) in [6.07, 6.45) is 5.90. The molecule has 4 saturated carbocycles. The number of carbonyl (C=O) groups is 2. The second-order valence-corrected chi connectivity index (χ2v) is 19.1. The van der Waals surface area contributed by atoms with Crippen molar-refractivity contribution in [2.24, 2.45) is 51.2 Å². The summed E-state index contributed by atoms with van der Waals surface area (Å²) in [5.41, 5.74) is 3.72. The zero-order valence-corrected chi connectivity index (χ0v) is 34.8. The second kappa shape index (κ2) is 15.2. The van der Waals surface area contributed by atoms with Crippen LogP contribution in [-0.4, -0.2) is 43.2 Å². The molecule has 0 radical (unpaired) electrons. The Hall–Kier alpha value is -3.06. The van der Waals surface area contributed by atoms with Gasteiger partial charge in [-0.1, -0.05) is 58.9 Å². The number of allylic oxidation sites excluding steroid dienone is 3. The third-order valence-corrected chi connectivity index (χ3v) is 14.8. The first kappa shape index (κ1) is 41.1. The Bertz CT molecular complexity index is 1610. The zero-order valence-electron chi connectivity index (χ0n) is 34.8. The lowest BCUT2D eigenvalue weighted by Crippen LogP contribution is -2.65. The summed E-state index contributed by atoms with van der Waals surface area (Å²) < 4.78 is 23.3. The van der Waals surface area contributed by atoms with Crippen LogP contribution in [0, 0.1) is 51.2 Å². The molecule has 0 saturated heterocycles. The minimum atomic E-state index is -0.730. The van der Waals surface area contributed by atoms with E-state index in [0.29, 0.717) is 48.3 Å². The monoisotopic (exact) mass is 732 g/mol. The number of fused-ring (bicyclic) bond motifs is 5. The smallest absolute Gasteiger partial charge is 0.336 e. The Morgan fingerprint density at radius 3 is 2.19 bits per heavy atom. The lowest BCUT2D eigenvalue weighted by atomic mass is 9.36. The molecule has 7 heteroatoms. The van der Waals surface area contributed by atoms with Crippen LogP contribution in [0.25, 0.3) is 5.57 Å². The molecule has 0 amide bonds. The van der Waals surface area contributed by atoms with E-state index >= 15 is 0 Å². The third kappa shape index (κ3) is 7.50. The predicted molar refractivity (Wildman–Crippen MR) is 211 cm³/mol. The van der Waals surface area contributed by atoms with Crippen LogP contribution in [0.4, 0.5) is 0 Å². The van der Waals surface area contributed by atoms with E-state index < -0.39 is 36.4 Å². The van der Waals surface area contributed by atoms with Gasteiger partial charge in [-0.25, -0.2) is 4.79 Å². The fourth-order valence-corrected chi connectivity index (χ4v) is 11.7. The van der Waals surface area contributed by atoms with Crippen LogP contribution in [0.15, 0.2) is 53.3 Å². The molecule has 4 aliphatic carbocycles. The number of benzene rings is 1. The maximum absolute atomic E-state index is 14.5. The summed E-state index contributed by atoms with van der Waals surface area (Å²) in [6, 6.07) is 8.02. The van der Waals surface area contributed by atoms with Gasteiger partial charge in [-0.15, -0.1) is 0 Å². The largest absolute Gasteiger partial charge is 0.497 e. The normalized spacial score (nSPS) is 35.9. The SMILES string of the molecule is C=C(C)OC1C[C@@]2(C)[C@@H](C[C@@H](O)[C@H]3[C@@]4(C)CC[C@@H](C)[C@H](C)[C@@H]4CC[C@@]32C)/C1=C(\CCC(=C(C)C)c1ccc(OC)cc1)C(=O)OCOC(=O)C(C)(C)C. The van der Waals surface area contributed by atoms with Crippen LogP contribution in [-0.2, 0) is 23.8 Å². The molecule has 10 atom stereocenters. The van der Waals surface area contributed by atoms with Gasteiger partial charge in [0, 0.05) is 5.57 Å². The summed E-state index contributed by atoms with van der Waals surface area (Å²) in [5, 5.41) is 12.5. The molecular weight excluding hydrogens is 664 g/mol. The van der Waals surface area contributed by atoms with Crippen LogP contribution < -0.4 is 4.74 Å². The number of rotatable bonds is 10. The van der Waals surface area contributed by atoms with Gasteiger partial charge in [-0.2, -0.15) is 0 Å². The maximum Gasteiger partial charge on any atom is 0.336 e. The molecule has 7 nitrogen and oxygen atoms in total. The standard InChI is InChI=1S/C46H68O7/c1-27(2)33(31-14-16-32(50-13)17-15-31)18-19-34(41(48)51-26-52-42(49)43(7,8)9)39-36-24-37(47)40-44(10)22-20-29(5)30(6)35(44)21-23-45(40,11)46(36,12)25-38(39)53-28(3)4/h14-17,29-30,35-38,40,47H,3,18-26H2,1-2,4-13H3/b39-34-/t29-,30+,35+,36+,37-,38?,40+,44+,45+,46+/m1/s1. The van der Waals surface area contributed by atoms with E-state index in [2.05, 4.69) is 67.2 Å².